The molecule has 2 aliphatic rings. The summed E-state index contributed by atoms with van der Waals surface area (Å²) in [6, 6.07) is 0. The standard InChI is InChI=1S/C14H26N4O2/c1-2-16-13(19)11-17-7-3-4-12(10-17)14(20)18-8-5-15-6-9-18/h12,15H,2-11H2,1H3,(H,16,19). The summed E-state index contributed by atoms with van der Waals surface area (Å²) in [5, 5.41) is 6.08. The topological polar surface area (TPSA) is 64.7 Å². The molecule has 20 heavy (non-hydrogen) atoms. The van der Waals surface area contributed by atoms with Crippen LogP contribution in [0.4, 0.5) is 0 Å². The van der Waals surface area contributed by atoms with Crippen LogP contribution in [0.25, 0.3) is 0 Å². The largest absolute Gasteiger partial charge is 0.355 e. The van der Waals surface area contributed by atoms with Gasteiger partial charge in [0.2, 0.25) is 11.8 Å². The SMILES string of the molecule is CCNC(=O)CN1CCCC(C(=O)N2CCNCC2)C1. The smallest absolute Gasteiger partial charge is 0.234 e. The van der Waals surface area contributed by atoms with Gasteiger partial charge in [-0.2, -0.15) is 0 Å². The number of hydrogen-bond acceptors (Lipinski definition) is 4. The second-order valence-corrected chi connectivity index (χ2v) is 5.60. The van der Waals surface area contributed by atoms with Crippen LogP contribution in [-0.4, -0.2) is 74.0 Å². The van der Waals surface area contributed by atoms with Gasteiger partial charge in [-0.1, -0.05) is 0 Å². The first-order valence-corrected chi connectivity index (χ1v) is 7.69. The van der Waals surface area contributed by atoms with Gasteiger partial charge in [0, 0.05) is 39.3 Å². The van der Waals surface area contributed by atoms with Crippen molar-refractivity contribution in [3.05, 3.63) is 0 Å². The Morgan fingerprint density at radius 2 is 2.00 bits per heavy atom. The molecule has 0 radical (unpaired) electrons. The highest BCUT2D eigenvalue weighted by Crippen LogP contribution is 2.19. The number of piperazine rings is 1. The monoisotopic (exact) mass is 282 g/mol. The quantitative estimate of drug-likeness (QED) is 0.713. The number of carbonyl (C=O) groups is 2. The molecule has 0 spiro atoms. The maximum Gasteiger partial charge on any atom is 0.234 e. The number of carbonyl (C=O) groups excluding carboxylic acids is 2. The van der Waals surface area contributed by atoms with Crippen LogP contribution in [-0.2, 0) is 9.59 Å². The number of rotatable bonds is 4. The second-order valence-electron chi connectivity index (χ2n) is 5.60. The lowest BCUT2D eigenvalue weighted by molar-refractivity contribution is -0.138. The molecule has 2 amide bonds. The molecule has 0 aromatic heterocycles. The highest BCUT2D eigenvalue weighted by molar-refractivity contribution is 5.80. The lowest BCUT2D eigenvalue weighted by Gasteiger charge is -2.36. The summed E-state index contributed by atoms with van der Waals surface area (Å²) in [5.74, 6) is 0.395. The zero-order chi connectivity index (χ0) is 14.4. The van der Waals surface area contributed by atoms with Crippen LogP contribution in [0.3, 0.4) is 0 Å². The Hall–Kier alpha value is -1.14. The van der Waals surface area contributed by atoms with E-state index in [1.807, 2.05) is 11.8 Å². The number of piperidine rings is 1. The lowest BCUT2D eigenvalue weighted by Crippen LogP contribution is -2.52. The fourth-order valence-corrected chi connectivity index (χ4v) is 3.00. The summed E-state index contributed by atoms with van der Waals surface area (Å²) in [5.41, 5.74) is 0. The van der Waals surface area contributed by atoms with Gasteiger partial charge >= 0.3 is 0 Å². The molecule has 114 valence electrons. The van der Waals surface area contributed by atoms with Crippen molar-refractivity contribution in [1.29, 1.82) is 0 Å². The van der Waals surface area contributed by atoms with E-state index in [9.17, 15) is 9.59 Å². The number of likely N-dealkylation sites (N-methyl/N-ethyl adjacent to an activating group) is 1. The molecule has 1 unspecified atom stereocenters. The van der Waals surface area contributed by atoms with Gasteiger partial charge in [-0.3, -0.25) is 14.5 Å². The molecule has 0 bridgehead atoms. The molecule has 1 atom stereocenters. The van der Waals surface area contributed by atoms with Gasteiger partial charge in [-0.25, -0.2) is 0 Å². The first-order chi connectivity index (χ1) is 9.70. The Kier molecular flexibility index (Phi) is 5.79. The Labute approximate surface area is 120 Å². The minimum absolute atomic E-state index is 0.0581. The van der Waals surface area contributed by atoms with Gasteiger partial charge in [0.1, 0.15) is 0 Å². The zero-order valence-electron chi connectivity index (χ0n) is 12.4. The van der Waals surface area contributed by atoms with Crippen LogP contribution >= 0.6 is 0 Å². The van der Waals surface area contributed by atoms with Crippen molar-refractivity contribution in [1.82, 2.24) is 20.4 Å². The molecule has 2 N–H and O–H groups in total. The summed E-state index contributed by atoms with van der Waals surface area (Å²) < 4.78 is 0. The molecule has 0 aromatic carbocycles. The maximum atomic E-state index is 12.5. The normalized spacial score (nSPS) is 24.4. The average Bonchev–Trinajstić information content (AvgIpc) is 2.48. The van der Waals surface area contributed by atoms with Crippen molar-refractivity contribution < 1.29 is 9.59 Å². The summed E-state index contributed by atoms with van der Waals surface area (Å²) in [6.45, 7) is 8.04. The van der Waals surface area contributed by atoms with Crippen LogP contribution < -0.4 is 10.6 Å². The van der Waals surface area contributed by atoms with Crippen molar-refractivity contribution in [3.8, 4) is 0 Å². The molecular weight excluding hydrogens is 256 g/mol. The molecule has 2 rings (SSSR count). The average molecular weight is 282 g/mol. The number of nitrogens with zero attached hydrogens (tertiary/aromatic N) is 2. The van der Waals surface area contributed by atoms with Crippen molar-refractivity contribution in [2.45, 2.75) is 19.8 Å². The van der Waals surface area contributed by atoms with Crippen LogP contribution in [0.1, 0.15) is 19.8 Å². The van der Waals surface area contributed by atoms with Crippen LogP contribution in [0, 0.1) is 5.92 Å². The molecule has 2 fully saturated rings. The zero-order valence-corrected chi connectivity index (χ0v) is 12.4. The highest BCUT2D eigenvalue weighted by atomic mass is 16.2. The molecule has 2 aliphatic heterocycles. The van der Waals surface area contributed by atoms with Crippen molar-refractivity contribution in [2.75, 3.05) is 52.4 Å². The summed E-state index contributed by atoms with van der Waals surface area (Å²) >= 11 is 0. The van der Waals surface area contributed by atoms with Gasteiger partial charge < -0.3 is 15.5 Å². The van der Waals surface area contributed by atoms with Gasteiger partial charge in [-0.05, 0) is 26.3 Å². The van der Waals surface area contributed by atoms with Gasteiger partial charge in [-0.15, -0.1) is 0 Å². The molecule has 0 aliphatic carbocycles. The number of likely N-dealkylation sites (tertiary alicyclic amines) is 1. The lowest BCUT2D eigenvalue weighted by atomic mass is 9.96. The number of amides is 2. The van der Waals surface area contributed by atoms with Gasteiger partial charge in [0.15, 0.2) is 0 Å². The minimum atomic E-state index is 0.0581. The van der Waals surface area contributed by atoms with Crippen molar-refractivity contribution in [3.63, 3.8) is 0 Å². The Morgan fingerprint density at radius 3 is 2.70 bits per heavy atom. The van der Waals surface area contributed by atoms with E-state index in [1.165, 1.54) is 0 Å². The first kappa shape index (κ1) is 15.3. The van der Waals surface area contributed by atoms with E-state index in [-0.39, 0.29) is 17.7 Å². The third-order valence-corrected chi connectivity index (χ3v) is 4.02. The van der Waals surface area contributed by atoms with Crippen LogP contribution in [0.2, 0.25) is 0 Å². The number of nitrogens with one attached hydrogen (secondary N) is 2. The maximum absolute atomic E-state index is 12.5. The third kappa shape index (κ3) is 4.18. The summed E-state index contributed by atoms with van der Waals surface area (Å²) in [7, 11) is 0. The predicted octanol–water partition coefficient (Wildman–Crippen LogP) is -0.734. The molecule has 6 nitrogen and oxygen atoms in total. The fourth-order valence-electron chi connectivity index (χ4n) is 3.00. The van der Waals surface area contributed by atoms with E-state index >= 15 is 0 Å². The van der Waals surface area contributed by atoms with E-state index in [0.717, 1.165) is 52.1 Å². The highest BCUT2D eigenvalue weighted by Gasteiger charge is 2.30. The van der Waals surface area contributed by atoms with E-state index in [0.29, 0.717) is 13.1 Å². The molecule has 2 saturated heterocycles. The molecule has 2 heterocycles. The van der Waals surface area contributed by atoms with E-state index < -0.39 is 0 Å². The number of hydrogen-bond donors (Lipinski definition) is 2. The first-order valence-electron chi connectivity index (χ1n) is 7.69. The molecule has 0 aromatic rings. The Morgan fingerprint density at radius 1 is 1.25 bits per heavy atom. The fraction of sp³-hybridized carbons (Fsp3) is 0.857. The van der Waals surface area contributed by atoms with E-state index in [1.54, 1.807) is 0 Å². The molecule has 0 saturated carbocycles. The van der Waals surface area contributed by atoms with Crippen molar-refractivity contribution in [2.24, 2.45) is 5.92 Å². The van der Waals surface area contributed by atoms with Crippen molar-refractivity contribution >= 4 is 11.8 Å². The Bertz CT molecular complexity index is 342. The predicted molar refractivity (Wildman–Crippen MR) is 77.3 cm³/mol. The van der Waals surface area contributed by atoms with Crippen LogP contribution in [0.5, 0.6) is 0 Å². The van der Waals surface area contributed by atoms with Crippen LogP contribution in [0.15, 0.2) is 0 Å². The summed E-state index contributed by atoms with van der Waals surface area (Å²) in [6.07, 6.45) is 1.95. The van der Waals surface area contributed by atoms with Gasteiger partial charge in [0.25, 0.3) is 0 Å². The van der Waals surface area contributed by atoms with Gasteiger partial charge in [0.05, 0.1) is 12.5 Å². The van der Waals surface area contributed by atoms with E-state index in [2.05, 4.69) is 15.5 Å². The Balaban J connectivity index is 1.82. The third-order valence-electron chi connectivity index (χ3n) is 4.02. The van der Waals surface area contributed by atoms with E-state index in [4.69, 9.17) is 0 Å². The minimum Gasteiger partial charge on any atom is -0.355 e. The second kappa shape index (κ2) is 7.59. The molecule has 6 heteroatoms. The summed E-state index contributed by atoms with van der Waals surface area (Å²) in [4.78, 5) is 28.2. The molecular formula is C14H26N4O2.